The van der Waals surface area contributed by atoms with E-state index in [9.17, 15) is 4.39 Å². The van der Waals surface area contributed by atoms with Crippen molar-refractivity contribution in [1.82, 2.24) is 4.98 Å². The molecule has 0 aliphatic rings. The number of halogens is 1. The predicted molar refractivity (Wildman–Crippen MR) is 49.8 cm³/mol. The quantitative estimate of drug-likeness (QED) is 0.220. The highest BCUT2D eigenvalue weighted by Gasteiger charge is 2.00. The minimum absolute atomic E-state index is 0.0832. The van der Waals surface area contributed by atoms with E-state index < -0.39 is 5.95 Å². The third kappa shape index (κ3) is 2.47. The van der Waals surface area contributed by atoms with E-state index in [1.54, 1.807) is 13.0 Å². The van der Waals surface area contributed by atoms with Crippen molar-refractivity contribution in [2.75, 3.05) is 6.54 Å². The van der Waals surface area contributed by atoms with Gasteiger partial charge in [0.2, 0.25) is 5.95 Å². The standard InChI is InChI=1S/C9H7FN4/c1-7-8(3-2-5-13-14-11)4-6-12-9(7)10/h4,6H,5H2,1H3. The number of hydrogen-bond acceptors (Lipinski definition) is 2. The normalized spacial score (nSPS) is 8.43. The molecule has 70 valence electrons. The van der Waals surface area contributed by atoms with Crippen molar-refractivity contribution in [2.24, 2.45) is 5.11 Å². The molecule has 0 fully saturated rings. The van der Waals surface area contributed by atoms with E-state index in [-0.39, 0.29) is 6.54 Å². The Hall–Kier alpha value is -2.05. The molecule has 5 heteroatoms. The summed E-state index contributed by atoms with van der Waals surface area (Å²) in [5.41, 5.74) is 8.95. The molecule has 0 saturated heterocycles. The lowest BCUT2D eigenvalue weighted by molar-refractivity contribution is 0.574. The van der Waals surface area contributed by atoms with E-state index in [1.165, 1.54) is 6.20 Å². The lowest BCUT2D eigenvalue weighted by Gasteiger charge is -1.96. The van der Waals surface area contributed by atoms with Crippen LogP contribution in [0.4, 0.5) is 4.39 Å². The Labute approximate surface area is 80.4 Å². The van der Waals surface area contributed by atoms with E-state index in [0.717, 1.165) is 0 Å². The van der Waals surface area contributed by atoms with Crippen molar-refractivity contribution in [2.45, 2.75) is 6.92 Å². The molecule has 0 amide bonds. The van der Waals surface area contributed by atoms with Gasteiger partial charge in [-0.25, -0.2) is 4.98 Å². The van der Waals surface area contributed by atoms with Gasteiger partial charge < -0.3 is 0 Å². The van der Waals surface area contributed by atoms with Gasteiger partial charge in [-0.15, -0.1) is 0 Å². The number of aromatic nitrogens is 1. The van der Waals surface area contributed by atoms with Crippen LogP contribution in [-0.2, 0) is 0 Å². The van der Waals surface area contributed by atoms with Crippen LogP contribution in [0.3, 0.4) is 0 Å². The van der Waals surface area contributed by atoms with Crippen molar-refractivity contribution in [1.29, 1.82) is 0 Å². The van der Waals surface area contributed by atoms with Gasteiger partial charge in [0.1, 0.15) is 0 Å². The van der Waals surface area contributed by atoms with Crippen LogP contribution in [0.1, 0.15) is 11.1 Å². The zero-order valence-corrected chi connectivity index (χ0v) is 7.53. The van der Waals surface area contributed by atoms with E-state index in [1.807, 2.05) is 0 Å². The molecular weight excluding hydrogens is 183 g/mol. The lowest BCUT2D eigenvalue weighted by atomic mass is 10.1. The van der Waals surface area contributed by atoms with Crippen LogP contribution < -0.4 is 0 Å². The fraction of sp³-hybridized carbons (Fsp3) is 0.222. The maximum Gasteiger partial charge on any atom is 0.216 e. The van der Waals surface area contributed by atoms with Gasteiger partial charge >= 0.3 is 0 Å². The van der Waals surface area contributed by atoms with Gasteiger partial charge in [0.15, 0.2) is 0 Å². The summed E-state index contributed by atoms with van der Waals surface area (Å²) in [5.74, 6) is 4.77. The van der Waals surface area contributed by atoms with Crippen LogP contribution >= 0.6 is 0 Å². The molecule has 0 saturated carbocycles. The summed E-state index contributed by atoms with van der Waals surface area (Å²) >= 11 is 0. The summed E-state index contributed by atoms with van der Waals surface area (Å²) in [5, 5.41) is 3.24. The van der Waals surface area contributed by atoms with E-state index in [2.05, 4.69) is 26.9 Å². The number of nitrogens with zero attached hydrogens (tertiary/aromatic N) is 4. The van der Waals surface area contributed by atoms with Crippen LogP contribution in [0, 0.1) is 24.7 Å². The summed E-state index contributed by atoms with van der Waals surface area (Å²) in [6, 6.07) is 1.61. The molecule has 1 aromatic rings. The second-order valence-electron chi connectivity index (χ2n) is 2.47. The number of hydrogen-bond donors (Lipinski definition) is 0. The molecule has 0 spiro atoms. The Kier molecular flexibility index (Phi) is 3.48. The third-order valence-electron chi connectivity index (χ3n) is 1.58. The first-order valence-electron chi connectivity index (χ1n) is 3.86. The Balaban J connectivity index is 2.89. The molecule has 1 rings (SSSR count). The Morgan fingerprint density at radius 3 is 3.21 bits per heavy atom. The molecule has 0 radical (unpaired) electrons. The second kappa shape index (κ2) is 4.85. The molecule has 1 heterocycles. The SMILES string of the molecule is Cc1c(C#CCN=[N+]=[N-])ccnc1F. The van der Waals surface area contributed by atoms with Crippen LogP contribution in [0.25, 0.3) is 10.4 Å². The molecule has 0 atom stereocenters. The summed E-state index contributed by atoms with van der Waals surface area (Å²) in [6.07, 6.45) is 1.35. The largest absolute Gasteiger partial charge is 0.228 e. The maximum atomic E-state index is 12.9. The van der Waals surface area contributed by atoms with Gasteiger partial charge in [-0.05, 0) is 18.5 Å². The molecule has 0 N–H and O–H groups in total. The molecule has 4 nitrogen and oxygen atoms in total. The summed E-state index contributed by atoms with van der Waals surface area (Å²) < 4.78 is 12.9. The van der Waals surface area contributed by atoms with Crippen LogP contribution in [0.2, 0.25) is 0 Å². The Morgan fingerprint density at radius 1 is 1.71 bits per heavy atom. The van der Waals surface area contributed by atoms with Gasteiger partial charge in [-0.1, -0.05) is 17.0 Å². The molecule has 0 aliphatic heterocycles. The average Bonchev–Trinajstić information content (AvgIpc) is 2.19. The summed E-state index contributed by atoms with van der Waals surface area (Å²) in [6.45, 7) is 1.68. The van der Waals surface area contributed by atoms with Crippen molar-refractivity contribution < 1.29 is 4.39 Å². The zero-order chi connectivity index (χ0) is 10.4. The van der Waals surface area contributed by atoms with Gasteiger partial charge in [-0.3, -0.25) is 0 Å². The first-order valence-corrected chi connectivity index (χ1v) is 3.86. The van der Waals surface area contributed by atoms with Crippen molar-refractivity contribution in [3.8, 4) is 11.8 Å². The third-order valence-corrected chi connectivity index (χ3v) is 1.58. The van der Waals surface area contributed by atoms with Crippen molar-refractivity contribution in [3.05, 3.63) is 39.8 Å². The van der Waals surface area contributed by atoms with Gasteiger partial charge in [0, 0.05) is 22.2 Å². The fourth-order valence-corrected chi connectivity index (χ4v) is 0.847. The zero-order valence-electron chi connectivity index (χ0n) is 7.53. The fourth-order valence-electron chi connectivity index (χ4n) is 0.847. The highest BCUT2D eigenvalue weighted by molar-refractivity contribution is 5.39. The van der Waals surface area contributed by atoms with Crippen molar-refractivity contribution >= 4 is 0 Å². The molecule has 0 aliphatic carbocycles. The molecule has 0 unspecified atom stereocenters. The number of azide groups is 1. The average molecular weight is 190 g/mol. The van der Waals surface area contributed by atoms with Crippen LogP contribution in [-0.4, -0.2) is 11.5 Å². The van der Waals surface area contributed by atoms with Gasteiger partial charge in [-0.2, -0.15) is 4.39 Å². The van der Waals surface area contributed by atoms with E-state index in [0.29, 0.717) is 11.1 Å². The minimum Gasteiger partial charge on any atom is -0.228 e. The maximum absolute atomic E-state index is 12.9. The molecule has 0 bridgehead atoms. The minimum atomic E-state index is -0.527. The summed E-state index contributed by atoms with van der Waals surface area (Å²) in [4.78, 5) is 6.01. The molecule has 14 heavy (non-hydrogen) atoms. The summed E-state index contributed by atoms with van der Waals surface area (Å²) in [7, 11) is 0. The van der Waals surface area contributed by atoms with E-state index in [4.69, 9.17) is 5.53 Å². The number of rotatable bonds is 1. The molecule has 1 aromatic heterocycles. The smallest absolute Gasteiger partial charge is 0.216 e. The highest BCUT2D eigenvalue weighted by atomic mass is 19.1. The Morgan fingerprint density at radius 2 is 2.50 bits per heavy atom. The van der Waals surface area contributed by atoms with E-state index >= 15 is 0 Å². The van der Waals surface area contributed by atoms with Crippen LogP contribution in [0.5, 0.6) is 0 Å². The first-order chi connectivity index (χ1) is 6.75. The lowest BCUT2D eigenvalue weighted by Crippen LogP contribution is -1.91. The van der Waals surface area contributed by atoms with Crippen molar-refractivity contribution in [3.63, 3.8) is 0 Å². The topological polar surface area (TPSA) is 61.7 Å². The predicted octanol–water partition coefficient (Wildman–Crippen LogP) is 2.19. The highest BCUT2D eigenvalue weighted by Crippen LogP contribution is 2.07. The second-order valence-corrected chi connectivity index (χ2v) is 2.47. The Bertz CT molecular complexity index is 438. The van der Waals surface area contributed by atoms with Gasteiger partial charge in [0.25, 0.3) is 0 Å². The van der Waals surface area contributed by atoms with Crippen LogP contribution in [0.15, 0.2) is 17.4 Å². The first kappa shape index (κ1) is 10.0. The van der Waals surface area contributed by atoms with Gasteiger partial charge in [0.05, 0.1) is 6.54 Å². The monoisotopic (exact) mass is 190 g/mol. The number of pyridine rings is 1. The molecular formula is C9H7FN4. The molecule has 0 aromatic carbocycles.